The maximum atomic E-state index is 12.4. The van der Waals surface area contributed by atoms with Crippen LogP contribution >= 0.6 is 0 Å². The normalized spacial score (nSPS) is 10.3. The summed E-state index contributed by atoms with van der Waals surface area (Å²) in [7, 11) is 0. The van der Waals surface area contributed by atoms with Crippen LogP contribution in [0.2, 0.25) is 0 Å². The number of primary amides is 1. The Morgan fingerprint density at radius 1 is 0.935 bits per heavy atom. The van der Waals surface area contributed by atoms with Crippen molar-refractivity contribution in [3.8, 4) is 6.07 Å². The molecule has 0 aliphatic rings. The molecule has 5 nitrogen and oxygen atoms in total. The average molecular weight is 425 g/mol. The van der Waals surface area contributed by atoms with Crippen molar-refractivity contribution < 1.29 is 22.8 Å². The van der Waals surface area contributed by atoms with Crippen LogP contribution in [0.25, 0.3) is 0 Å². The molecular formula is C23H18F3N3O2. The lowest BCUT2D eigenvalue weighted by Crippen LogP contribution is -2.12. The summed E-state index contributed by atoms with van der Waals surface area (Å²) in [6.45, 7) is 1.70. The Morgan fingerprint density at radius 3 is 2.00 bits per heavy atom. The summed E-state index contributed by atoms with van der Waals surface area (Å²) < 4.78 is 37.3. The predicted octanol–water partition coefficient (Wildman–Crippen LogP) is 4.92. The van der Waals surface area contributed by atoms with Crippen LogP contribution in [0.15, 0.2) is 72.8 Å². The first-order valence-electron chi connectivity index (χ1n) is 8.96. The van der Waals surface area contributed by atoms with E-state index in [0.717, 1.165) is 12.1 Å². The molecule has 0 aromatic heterocycles. The molecule has 158 valence electrons. The second-order valence-electron chi connectivity index (χ2n) is 6.40. The minimum absolute atomic E-state index is 0.264. The van der Waals surface area contributed by atoms with Gasteiger partial charge in [0.1, 0.15) is 0 Å². The van der Waals surface area contributed by atoms with Gasteiger partial charge in [0.05, 0.1) is 17.2 Å². The molecule has 0 unspecified atom stereocenters. The third kappa shape index (κ3) is 6.72. The Kier molecular flexibility index (Phi) is 7.53. The fourth-order valence-electron chi connectivity index (χ4n) is 2.48. The summed E-state index contributed by atoms with van der Waals surface area (Å²) in [5.41, 5.74) is 6.46. The van der Waals surface area contributed by atoms with Crippen LogP contribution in [0, 0.1) is 18.3 Å². The van der Waals surface area contributed by atoms with Gasteiger partial charge in [0.15, 0.2) is 0 Å². The molecule has 31 heavy (non-hydrogen) atoms. The summed E-state index contributed by atoms with van der Waals surface area (Å²) in [5, 5.41) is 11.3. The van der Waals surface area contributed by atoms with E-state index in [-0.39, 0.29) is 11.6 Å². The van der Waals surface area contributed by atoms with Gasteiger partial charge >= 0.3 is 6.18 Å². The first kappa shape index (κ1) is 23.2. The molecule has 3 aromatic carbocycles. The van der Waals surface area contributed by atoms with Gasteiger partial charge in [-0.1, -0.05) is 18.2 Å². The van der Waals surface area contributed by atoms with E-state index in [1.54, 1.807) is 37.3 Å². The Labute approximate surface area is 176 Å². The maximum absolute atomic E-state index is 12.4. The van der Waals surface area contributed by atoms with Crippen molar-refractivity contribution in [1.29, 1.82) is 5.26 Å². The lowest BCUT2D eigenvalue weighted by atomic mass is 10.1. The van der Waals surface area contributed by atoms with Crippen LogP contribution in [0.4, 0.5) is 18.9 Å². The third-order valence-electron chi connectivity index (χ3n) is 4.14. The lowest BCUT2D eigenvalue weighted by molar-refractivity contribution is -0.137. The number of aryl methyl sites for hydroxylation is 1. The van der Waals surface area contributed by atoms with E-state index in [1.807, 2.05) is 12.1 Å². The quantitative estimate of drug-likeness (QED) is 0.623. The topological polar surface area (TPSA) is 96.0 Å². The lowest BCUT2D eigenvalue weighted by Gasteiger charge is -2.09. The van der Waals surface area contributed by atoms with Crippen LogP contribution in [0.5, 0.6) is 0 Å². The summed E-state index contributed by atoms with van der Waals surface area (Å²) in [6.07, 6.45) is -4.41. The first-order chi connectivity index (χ1) is 14.6. The van der Waals surface area contributed by atoms with Gasteiger partial charge in [-0.25, -0.2) is 0 Å². The van der Waals surface area contributed by atoms with Gasteiger partial charge in [0.2, 0.25) is 5.91 Å². The number of alkyl halides is 3. The summed E-state index contributed by atoms with van der Waals surface area (Å²) in [6, 6.07) is 19.5. The number of hydrogen-bond acceptors (Lipinski definition) is 3. The molecular weight excluding hydrogens is 407 g/mol. The van der Waals surface area contributed by atoms with E-state index in [2.05, 4.69) is 5.32 Å². The fourth-order valence-corrected chi connectivity index (χ4v) is 2.48. The second-order valence-corrected chi connectivity index (χ2v) is 6.40. The molecule has 2 amide bonds. The number of halogens is 3. The molecule has 0 saturated carbocycles. The molecule has 0 fully saturated rings. The zero-order chi connectivity index (χ0) is 23.0. The number of benzene rings is 3. The summed E-state index contributed by atoms with van der Waals surface area (Å²) in [5.74, 6) is -0.831. The minimum atomic E-state index is -4.41. The zero-order valence-corrected chi connectivity index (χ0v) is 16.4. The number of nitriles is 1. The number of nitrogens with one attached hydrogen (secondary N) is 1. The fraction of sp³-hybridized carbons (Fsp3) is 0.0870. The van der Waals surface area contributed by atoms with Crippen molar-refractivity contribution in [1.82, 2.24) is 0 Å². The van der Waals surface area contributed by atoms with Crippen LogP contribution in [-0.2, 0) is 6.18 Å². The van der Waals surface area contributed by atoms with Crippen LogP contribution in [0.1, 0.15) is 37.4 Å². The third-order valence-corrected chi connectivity index (χ3v) is 4.14. The van der Waals surface area contributed by atoms with E-state index in [1.165, 1.54) is 24.3 Å². The predicted molar refractivity (Wildman–Crippen MR) is 110 cm³/mol. The van der Waals surface area contributed by atoms with Crippen molar-refractivity contribution >= 4 is 17.5 Å². The molecule has 8 heteroatoms. The SMILES string of the molecule is Cc1cc(C(=O)Nc2ccc(C(F)(F)F)cc2)ccc1C#N.NC(=O)c1ccccc1. The maximum Gasteiger partial charge on any atom is 0.416 e. The van der Waals surface area contributed by atoms with E-state index in [9.17, 15) is 22.8 Å². The molecule has 0 radical (unpaired) electrons. The largest absolute Gasteiger partial charge is 0.416 e. The van der Waals surface area contributed by atoms with Crippen molar-refractivity contribution in [2.24, 2.45) is 5.73 Å². The number of nitrogens with two attached hydrogens (primary N) is 1. The molecule has 0 atom stereocenters. The molecule has 0 saturated heterocycles. The second kappa shape index (κ2) is 10.1. The van der Waals surface area contributed by atoms with Gasteiger partial charge in [0, 0.05) is 16.8 Å². The summed E-state index contributed by atoms with van der Waals surface area (Å²) >= 11 is 0. The molecule has 3 N–H and O–H groups in total. The average Bonchev–Trinajstić information content (AvgIpc) is 2.74. The van der Waals surface area contributed by atoms with Gasteiger partial charge in [-0.3, -0.25) is 9.59 Å². The number of anilines is 1. The Balaban J connectivity index is 0.000000316. The number of hydrogen-bond donors (Lipinski definition) is 2. The van der Waals surface area contributed by atoms with Crippen molar-refractivity contribution in [2.45, 2.75) is 13.1 Å². The van der Waals surface area contributed by atoms with Crippen molar-refractivity contribution in [3.05, 3.63) is 101 Å². The number of nitrogens with zero attached hydrogens (tertiary/aromatic N) is 1. The number of carbonyl (C=O) groups excluding carboxylic acids is 2. The molecule has 0 bridgehead atoms. The van der Waals surface area contributed by atoms with Gasteiger partial charge in [-0.05, 0) is 67.1 Å². The van der Waals surface area contributed by atoms with E-state index in [4.69, 9.17) is 11.0 Å². The molecule has 0 aliphatic heterocycles. The highest BCUT2D eigenvalue weighted by Crippen LogP contribution is 2.29. The first-order valence-corrected chi connectivity index (χ1v) is 8.96. The van der Waals surface area contributed by atoms with E-state index < -0.39 is 17.6 Å². The minimum Gasteiger partial charge on any atom is -0.366 e. The molecule has 3 rings (SSSR count). The Hall–Kier alpha value is -4.12. The standard InChI is InChI=1S/C16H11F3N2O.C7H7NO/c1-10-8-11(2-3-12(10)9-20)15(22)21-14-6-4-13(5-7-14)16(17,18)19;8-7(9)6-4-2-1-3-5-6/h2-8H,1H3,(H,21,22);1-5H,(H2,8,9). The monoisotopic (exact) mass is 425 g/mol. The highest BCUT2D eigenvalue weighted by Gasteiger charge is 2.30. The highest BCUT2D eigenvalue weighted by molar-refractivity contribution is 6.04. The van der Waals surface area contributed by atoms with Gasteiger partial charge < -0.3 is 11.1 Å². The van der Waals surface area contributed by atoms with Gasteiger partial charge in [-0.2, -0.15) is 18.4 Å². The molecule has 3 aromatic rings. The number of rotatable bonds is 3. The van der Waals surface area contributed by atoms with Crippen molar-refractivity contribution in [3.63, 3.8) is 0 Å². The summed E-state index contributed by atoms with van der Waals surface area (Å²) in [4.78, 5) is 22.5. The number of carbonyl (C=O) groups is 2. The van der Waals surface area contributed by atoms with Gasteiger partial charge in [-0.15, -0.1) is 0 Å². The van der Waals surface area contributed by atoms with E-state index in [0.29, 0.717) is 22.3 Å². The Morgan fingerprint density at radius 2 is 1.55 bits per heavy atom. The zero-order valence-electron chi connectivity index (χ0n) is 16.4. The molecule has 0 spiro atoms. The van der Waals surface area contributed by atoms with Crippen LogP contribution in [-0.4, -0.2) is 11.8 Å². The molecule has 0 aliphatic carbocycles. The highest BCUT2D eigenvalue weighted by atomic mass is 19.4. The van der Waals surface area contributed by atoms with Gasteiger partial charge in [0.25, 0.3) is 5.91 Å². The number of amides is 2. The smallest absolute Gasteiger partial charge is 0.366 e. The van der Waals surface area contributed by atoms with Crippen LogP contribution < -0.4 is 11.1 Å². The van der Waals surface area contributed by atoms with E-state index >= 15 is 0 Å². The molecule has 0 heterocycles. The van der Waals surface area contributed by atoms with Crippen LogP contribution in [0.3, 0.4) is 0 Å². The Bertz CT molecular complexity index is 1100. The van der Waals surface area contributed by atoms with Crippen molar-refractivity contribution in [2.75, 3.05) is 5.32 Å².